The Bertz CT molecular complexity index is 815. The quantitative estimate of drug-likeness (QED) is 0.759. The van der Waals surface area contributed by atoms with Gasteiger partial charge in [0.2, 0.25) is 0 Å². The fourth-order valence-electron chi connectivity index (χ4n) is 2.87. The molecule has 128 valence electrons. The zero-order valence-corrected chi connectivity index (χ0v) is 14.6. The summed E-state index contributed by atoms with van der Waals surface area (Å²) in [4.78, 5) is 13.2. The largest absolute Gasteiger partial charge is 0.461 e. The van der Waals surface area contributed by atoms with Crippen molar-refractivity contribution < 1.29 is 8.81 Å². The van der Waals surface area contributed by atoms with Crippen molar-refractivity contribution in [2.75, 3.05) is 18.8 Å². The minimum absolute atomic E-state index is 0. The number of thiophene rings is 1. The average molecular weight is 369 g/mol. The summed E-state index contributed by atoms with van der Waals surface area (Å²) in [5.41, 5.74) is 6.08. The monoisotopic (exact) mass is 368 g/mol. The number of nitrogen functional groups attached to an aromatic ring is 1. The van der Waals surface area contributed by atoms with E-state index in [9.17, 15) is 4.39 Å². The number of likely N-dealkylation sites (tertiary alicyclic amines) is 1. The maximum Gasteiger partial charge on any atom is 0.199 e. The Kier molecular flexibility index (Phi) is 5.03. The molecule has 0 unspecified atom stereocenters. The Labute approximate surface area is 149 Å². The predicted octanol–water partition coefficient (Wildman–Crippen LogP) is 3.89. The van der Waals surface area contributed by atoms with Crippen molar-refractivity contribution in [2.24, 2.45) is 0 Å². The topological polar surface area (TPSA) is 68.2 Å². The molecule has 0 aromatic carbocycles. The van der Waals surface area contributed by atoms with Crippen LogP contribution in [0.2, 0.25) is 0 Å². The molecule has 0 atom stereocenters. The first-order valence-electron chi connectivity index (χ1n) is 7.65. The molecule has 5 nitrogen and oxygen atoms in total. The van der Waals surface area contributed by atoms with Crippen LogP contribution in [0.5, 0.6) is 0 Å². The van der Waals surface area contributed by atoms with Gasteiger partial charge >= 0.3 is 0 Å². The number of rotatable bonds is 3. The summed E-state index contributed by atoms with van der Waals surface area (Å²) in [6.45, 7) is 2.41. The summed E-state index contributed by atoms with van der Waals surface area (Å²) < 4.78 is 18.6. The fraction of sp³-hybridized carbons (Fsp3) is 0.375. The number of hydrogen-bond acceptors (Lipinski definition) is 6. The van der Waals surface area contributed by atoms with Gasteiger partial charge < -0.3 is 10.2 Å². The molecule has 24 heavy (non-hydrogen) atoms. The third kappa shape index (κ3) is 3.38. The molecule has 0 saturated carbocycles. The molecule has 0 amide bonds. The number of furan rings is 1. The smallest absolute Gasteiger partial charge is 0.199 e. The minimum atomic E-state index is -0.647. The highest BCUT2D eigenvalue weighted by atomic mass is 35.5. The van der Waals surface area contributed by atoms with E-state index in [2.05, 4.69) is 14.9 Å². The van der Waals surface area contributed by atoms with Crippen molar-refractivity contribution in [1.82, 2.24) is 14.9 Å². The Morgan fingerprint density at radius 3 is 2.83 bits per heavy atom. The summed E-state index contributed by atoms with van der Waals surface area (Å²) in [5, 5.41) is 0.876. The number of halogens is 2. The predicted molar refractivity (Wildman–Crippen MR) is 96.2 cm³/mol. The molecule has 3 aromatic rings. The molecule has 1 saturated heterocycles. The standard InChI is InChI=1S/C16H17FN4OS.ClH/c17-10-3-5-21(6-4-10)9-11-8-12-14(18)19-15(20-16(12)23-11)13-2-1-7-22-13;/h1-2,7-8,10H,3-6,9H2,(H2,18,19,20);1H. The van der Waals surface area contributed by atoms with Crippen molar-refractivity contribution in [3.8, 4) is 11.6 Å². The van der Waals surface area contributed by atoms with Crippen molar-refractivity contribution in [3.05, 3.63) is 29.3 Å². The number of alkyl halides is 1. The highest BCUT2D eigenvalue weighted by Gasteiger charge is 2.20. The SMILES string of the molecule is Cl.Nc1nc(-c2ccco2)nc2sc(CN3CCC(F)CC3)cc12. The number of aromatic nitrogens is 2. The van der Waals surface area contributed by atoms with E-state index in [-0.39, 0.29) is 12.4 Å². The molecule has 0 spiro atoms. The third-order valence-electron chi connectivity index (χ3n) is 4.11. The molecule has 0 bridgehead atoms. The van der Waals surface area contributed by atoms with Crippen LogP contribution in [-0.2, 0) is 6.54 Å². The maximum absolute atomic E-state index is 13.2. The highest BCUT2D eigenvalue weighted by molar-refractivity contribution is 7.18. The Morgan fingerprint density at radius 2 is 2.12 bits per heavy atom. The zero-order chi connectivity index (χ0) is 15.8. The van der Waals surface area contributed by atoms with E-state index in [1.165, 1.54) is 4.88 Å². The van der Waals surface area contributed by atoms with E-state index >= 15 is 0 Å². The summed E-state index contributed by atoms with van der Waals surface area (Å²) >= 11 is 1.61. The molecule has 0 radical (unpaired) electrons. The van der Waals surface area contributed by atoms with Gasteiger partial charge in [0.15, 0.2) is 11.6 Å². The van der Waals surface area contributed by atoms with Crippen molar-refractivity contribution in [1.29, 1.82) is 0 Å². The van der Waals surface area contributed by atoms with Crippen LogP contribution in [0.4, 0.5) is 10.2 Å². The van der Waals surface area contributed by atoms with E-state index in [1.54, 1.807) is 23.7 Å². The van der Waals surface area contributed by atoms with Crippen LogP contribution in [0.25, 0.3) is 21.8 Å². The van der Waals surface area contributed by atoms with Crippen molar-refractivity contribution in [3.63, 3.8) is 0 Å². The zero-order valence-electron chi connectivity index (χ0n) is 12.9. The minimum Gasteiger partial charge on any atom is -0.461 e. The number of hydrogen-bond donors (Lipinski definition) is 1. The second kappa shape index (κ2) is 7.04. The van der Waals surface area contributed by atoms with Crippen LogP contribution in [0.15, 0.2) is 28.9 Å². The van der Waals surface area contributed by atoms with Crippen molar-refractivity contribution in [2.45, 2.75) is 25.6 Å². The number of nitrogens with two attached hydrogens (primary N) is 1. The van der Waals surface area contributed by atoms with Crippen LogP contribution in [0.1, 0.15) is 17.7 Å². The second-order valence-corrected chi connectivity index (χ2v) is 6.91. The van der Waals surface area contributed by atoms with Gasteiger partial charge in [0.05, 0.1) is 11.6 Å². The van der Waals surface area contributed by atoms with Gasteiger partial charge in [-0.3, -0.25) is 4.90 Å². The molecular weight excluding hydrogens is 351 g/mol. The third-order valence-corrected chi connectivity index (χ3v) is 5.13. The molecule has 4 heterocycles. The lowest BCUT2D eigenvalue weighted by atomic mass is 10.1. The van der Waals surface area contributed by atoms with Crippen LogP contribution < -0.4 is 5.73 Å². The molecule has 2 N–H and O–H groups in total. The van der Waals surface area contributed by atoms with Crippen LogP contribution >= 0.6 is 23.7 Å². The van der Waals surface area contributed by atoms with E-state index in [0.29, 0.717) is 30.2 Å². The normalized spacial score (nSPS) is 16.4. The molecule has 1 fully saturated rings. The average Bonchev–Trinajstić information content (AvgIpc) is 3.19. The van der Waals surface area contributed by atoms with Gasteiger partial charge in [0.25, 0.3) is 0 Å². The molecule has 1 aliphatic rings. The first kappa shape index (κ1) is 17.1. The first-order valence-corrected chi connectivity index (χ1v) is 8.47. The van der Waals surface area contributed by atoms with Gasteiger partial charge in [0, 0.05) is 24.5 Å². The maximum atomic E-state index is 13.2. The van der Waals surface area contributed by atoms with Gasteiger partial charge in [0.1, 0.15) is 16.8 Å². The number of nitrogens with zero attached hydrogens (tertiary/aromatic N) is 3. The van der Waals surface area contributed by atoms with Crippen LogP contribution in [0, 0.1) is 0 Å². The first-order chi connectivity index (χ1) is 11.2. The van der Waals surface area contributed by atoms with E-state index in [4.69, 9.17) is 10.2 Å². The Balaban J connectivity index is 0.00000169. The molecule has 8 heteroatoms. The van der Waals surface area contributed by atoms with Gasteiger partial charge in [-0.05, 0) is 31.0 Å². The number of fused-ring (bicyclic) bond motifs is 1. The summed E-state index contributed by atoms with van der Waals surface area (Å²) in [5.74, 6) is 1.58. The number of anilines is 1. The molecule has 0 aliphatic carbocycles. The summed E-state index contributed by atoms with van der Waals surface area (Å²) in [6, 6.07) is 5.66. The summed E-state index contributed by atoms with van der Waals surface area (Å²) in [7, 11) is 0. The number of piperidine rings is 1. The lowest BCUT2D eigenvalue weighted by molar-refractivity contribution is 0.146. The molecule has 4 rings (SSSR count). The van der Waals surface area contributed by atoms with Crippen LogP contribution in [0.3, 0.4) is 0 Å². The Morgan fingerprint density at radius 1 is 1.33 bits per heavy atom. The molecule has 3 aromatic heterocycles. The Hall–Kier alpha value is -1.70. The van der Waals surface area contributed by atoms with E-state index in [0.717, 1.165) is 29.9 Å². The molecular formula is C16H18ClFN4OS. The second-order valence-electron chi connectivity index (χ2n) is 5.79. The lowest BCUT2D eigenvalue weighted by Gasteiger charge is -2.27. The van der Waals surface area contributed by atoms with Gasteiger partial charge in [-0.25, -0.2) is 14.4 Å². The van der Waals surface area contributed by atoms with Gasteiger partial charge in [-0.15, -0.1) is 23.7 Å². The van der Waals surface area contributed by atoms with Gasteiger partial charge in [-0.2, -0.15) is 0 Å². The van der Waals surface area contributed by atoms with Gasteiger partial charge in [-0.1, -0.05) is 0 Å². The van der Waals surface area contributed by atoms with Crippen LogP contribution in [-0.4, -0.2) is 34.1 Å². The van der Waals surface area contributed by atoms with E-state index < -0.39 is 6.17 Å². The fourth-order valence-corrected chi connectivity index (χ4v) is 3.95. The van der Waals surface area contributed by atoms with Crippen molar-refractivity contribution >= 4 is 39.8 Å². The van der Waals surface area contributed by atoms with E-state index in [1.807, 2.05) is 12.1 Å². The lowest BCUT2D eigenvalue weighted by Crippen LogP contribution is -2.33. The molecule has 1 aliphatic heterocycles. The highest BCUT2D eigenvalue weighted by Crippen LogP contribution is 2.31. The summed E-state index contributed by atoms with van der Waals surface area (Å²) in [6.07, 6.45) is 2.18.